The van der Waals surface area contributed by atoms with Crippen LogP contribution in [0, 0.1) is 32.1 Å². The minimum absolute atomic E-state index is 0.00930. The quantitative estimate of drug-likeness (QED) is 0.457. The van der Waals surface area contributed by atoms with Gasteiger partial charge in [0.2, 0.25) is 0 Å². The number of hydrogen-bond donors (Lipinski definition) is 0. The van der Waals surface area contributed by atoms with Gasteiger partial charge in [0, 0.05) is 0 Å². The first kappa shape index (κ1) is 22.0. The largest absolute Gasteiger partial charge is 0.423 e. The van der Waals surface area contributed by atoms with Crippen molar-refractivity contribution in [3.8, 4) is 0 Å². The Kier molecular flexibility index (Phi) is 8.00. The van der Waals surface area contributed by atoms with Crippen molar-refractivity contribution >= 4 is 13.3 Å². The summed E-state index contributed by atoms with van der Waals surface area (Å²) in [6, 6.07) is 4.03. The highest BCUT2D eigenvalue weighted by Gasteiger charge is 2.41. The summed E-state index contributed by atoms with van der Waals surface area (Å²) in [6.45, 7) is 17.0. The first-order valence-electron chi connectivity index (χ1n) is 9.54. The third-order valence-corrected chi connectivity index (χ3v) is 6.44. The van der Waals surface area contributed by atoms with Crippen LogP contribution in [0.2, 0.25) is 0 Å². The van der Waals surface area contributed by atoms with Crippen molar-refractivity contribution in [3.63, 3.8) is 0 Å². The molecular weight excluding hydrogens is 327 g/mol. The molecule has 0 amide bonds. The van der Waals surface area contributed by atoms with Crippen LogP contribution < -0.4 is 0 Å². The van der Waals surface area contributed by atoms with Crippen LogP contribution in [0.3, 0.4) is 0 Å². The molecule has 0 saturated carbocycles. The zero-order valence-electron chi connectivity index (χ0n) is 17.4. The Morgan fingerprint density at radius 1 is 1.12 bits per heavy atom. The molecule has 140 valence electrons. The zero-order valence-corrected chi connectivity index (χ0v) is 18.3. The molecule has 0 fully saturated rings. The molecule has 0 N–H and O–H groups in total. The summed E-state index contributed by atoms with van der Waals surface area (Å²) in [6.07, 6.45) is 3.79. The van der Waals surface area contributed by atoms with Crippen LogP contribution in [0.5, 0.6) is 0 Å². The van der Waals surface area contributed by atoms with Gasteiger partial charge in [-0.15, -0.1) is 0 Å². The highest BCUT2D eigenvalue weighted by molar-refractivity contribution is 7.65. The van der Waals surface area contributed by atoms with Gasteiger partial charge in [0.15, 0.2) is 5.66 Å². The molecule has 3 atom stereocenters. The van der Waals surface area contributed by atoms with Crippen LogP contribution in [0.1, 0.15) is 87.4 Å². The lowest BCUT2D eigenvalue weighted by molar-refractivity contribution is 0.107. The molecule has 25 heavy (non-hydrogen) atoms. The van der Waals surface area contributed by atoms with E-state index in [1.54, 1.807) is 0 Å². The van der Waals surface area contributed by atoms with Crippen LogP contribution in [0.25, 0.3) is 0 Å². The van der Waals surface area contributed by atoms with E-state index in [-0.39, 0.29) is 16.6 Å². The van der Waals surface area contributed by atoms with E-state index in [4.69, 9.17) is 0 Å². The Morgan fingerprint density at radius 3 is 2.08 bits per heavy atom. The first-order chi connectivity index (χ1) is 11.5. The molecule has 0 aromatic heterocycles. The predicted octanol–water partition coefficient (Wildman–Crippen LogP) is 7.21. The van der Waals surface area contributed by atoms with Crippen LogP contribution >= 0.6 is 7.80 Å². The summed E-state index contributed by atoms with van der Waals surface area (Å²) >= 11 is 0. The number of benzene rings is 1. The molecule has 0 aliphatic heterocycles. The van der Waals surface area contributed by atoms with Crippen molar-refractivity contribution < 1.29 is 9.36 Å². The van der Waals surface area contributed by atoms with Crippen LogP contribution in [0.4, 0.5) is 0 Å². The smallest absolute Gasteiger partial charge is 0.234 e. The van der Waals surface area contributed by atoms with Crippen molar-refractivity contribution in [1.82, 2.24) is 0 Å². The van der Waals surface area contributed by atoms with Gasteiger partial charge in [-0.2, -0.15) is 0 Å². The molecule has 1 rings (SSSR count). The van der Waals surface area contributed by atoms with Gasteiger partial charge in [-0.1, -0.05) is 63.3 Å². The van der Waals surface area contributed by atoms with Gasteiger partial charge in [-0.25, -0.2) is 4.79 Å². The van der Waals surface area contributed by atoms with E-state index in [9.17, 15) is 9.36 Å². The molecule has 0 aliphatic carbocycles. The molecule has 2 nitrogen and oxygen atoms in total. The molecule has 1 aromatic carbocycles. The van der Waals surface area contributed by atoms with Crippen molar-refractivity contribution in [2.24, 2.45) is 11.3 Å². The Labute approximate surface area is 155 Å². The van der Waals surface area contributed by atoms with E-state index in [0.717, 1.165) is 42.4 Å². The molecule has 0 radical (unpaired) electrons. The second-order valence-electron chi connectivity index (χ2n) is 8.95. The molecule has 0 heterocycles. The van der Waals surface area contributed by atoms with Gasteiger partial charge < -0.3 is 0 Å². The highest BCUT2D eigenvalue weighted by Crippen LogP contribution is 2.42. The Hall–Kier alpha value is -1.01. The van der Waals surface area contributed by atoms with Crippen LogP contribution in [0.15, 0.2) is 12.1 Å². The molecule has 3 heteroatoms. The molecular formula is C22H36O2P+. The third-order valence-electron chi connectivity index (χ3n) is 4.68. The van der Waals surface area contributed by atoms with Gasteiger partial charge >= 0.3 is 13.3 Å². The summed E-state index contributed by atoms with van der Waals surface area (Å²) in [5.74, 6) is 0.475. The summed E-state index contributed by atoms with van der Waals surface area (Å²) < 4.78 is 13.1. The summed E-state index contributed by atoms with van der Waals surface area (Å²) in [4.78, 5) is 13.0. The molecule has 1 aromatic rings. The lowest BCUT2D eigenvalue weighted by atomic mass is 9.83. The number of aryl methyl sites for hydroxylation is 3. The third kappa shape index (κ3) is 6.66. The van der Waals surface area contributed by atoms with E-state index >= 15 is 0 Å². The standard InChI is InChI=1S/C22H36O2P/c1-9-10-19(13-16(3)14-22(6,7)8)25(24)21(23)20-17(4)11-15(2)12-18(20)5/h11-12,16,19H,9-10,13-14H2,1-8H3/q+1. The SMILES string of the molecule is CCCC(CC(C)CC(C)(C)C)[P+](=O)C(=O)c1c(C)cc(C)cc1C. The number of carbonyl (C=O) groups excluding carboxylic acids is 1. The summed E-state index contributed by atoms with van der Waals surface area (Å²) in [5, 5.41) is 0. The lowest BCUT2D eigenvalue weighted by Crippen LogP contribution is -2.17. The minimum atomic E-state index is -1.89. The topological polar surface area (TPSA) is 34.1 Å². The maximum atomic E-state index is 13.1. The fraction of sp³-hybridized carbons (Fsp3) is 0.682. The maximum absolute atomic E-state index is 13.1. The zero-order chi connectivity index (χ0) is 19.4. The van der Waals surface area contributed by atoms with E-state index in [2.05, 4.69) is 34.6 Å². The first-order valence-corrected chi connectivity index (χ1v) is 10.9. The average Bonchev–Trinajstić information content (AvgIpc) is 2.42. The Bertz CT molecular complexity index is 602. The van der Waals surface area contributed by atoms with Gasteiger partial charge in [0.1, 0.15) is 0 Å². The van der Waals surface area contributed by atoms with E-state index < -0.39 is 7.80 Å². The van der Waals surface area contributed by atoms with Crippen LogP contribution in [-0.4, -0.2) is 11.2 Å². The average molecular weight is 364 g/mol. The Balaban J connectivity index is 3.01. The Morgan fingerprint density at radius 2 is 1.64 bits per heavy atom. The normalized spacial score (nSPS) is 15.0. The van der Waals surface area contributed by atoms with E-state index in [1.165, 1.54) is 0 Å². The van der Waals surface area contributed by atoms with Crippen LogP contribution in [-0.2, 0) is 4.57 Å². The second kappa shape index (κ2) is 9.08. The van der Waals surface area contributed by atoms with Gasteiger partial charge in [0.05, 0.1) is 5.56 Å². The maximum Gasteiger partial charge on any atom is 0.423 e. The molecule has 0 aliphatic rings. The summed E-state index contributed by atoms with van der Waals surface area (Å²) in [7, 11) is -1.89. The summed E-state index contributed by atoms with van der Waals surface area (Å²) in [5.41, 5.74) is 3.82. The molecule has 0 saturated heterocycles. The van der Waals surface area contributed by atoms with Gasteiger partial charge in [0.25, 0.3) is 0 Å². The number of rotatable bonds is 8. The van der Waals surface area contributed by atoms with Crippen molar-refractivity contribution in [1.29, 1.82) is 0 Å². The lowest BCUT2D eigenvalue weighted by Gasteiger charge is -2.23. The molecule has 3 unspecified atom stereocenters. The monoisotopic (exact) mass is 363 g/mol. The number of hydrogen-bond acceptors (Lipinski definition) is 2. The second-order valence-corrected chi connectivity index (χ2v) is 10.7. The predicted molar refractivity (Wildman–Crippen MR) is 109 cm³/mol. The van der Waals surface area contributed by atoms with Gasteiger partial charge in [-0.3, -0.25) is 0 Å². The molecule has 0 bridgehead atoms. The van der Waals surface area contributed by atoms with Crippen molar-refractivity contribution in [3.05, 3.63) is 34.4 Å². The van der Waals surface area contributed by atoms with Crippen molar-refractivity contribution in [2.45, 2.75) is 86.7 Å². The minimum Gasteiger partial charge on any atom is -0.234 e. The molecule has 0 spiro atoms. The van der Waals surface area contributed by atoms with E-state index in [0.29, 0.717) is 11.5 Å². The highest BCUT2D eigenvalue weighted by atomic mass is 31.1. The number of carbonyl (C=O) groups is 1. The van der Waals surface area contributed by atoms with E-state index in [1.807, 2.05) is 32.9 Å². The van der Waals surface area contributed by atoms with Gasteiger partial charge in [-0.05, 0) is 62.5 Å². The fourth-order valence-corrected chi connectivity index (χ4v) is 6.00. The fourth-order valence-electron chi connectivity index (χ4n) is 4.05. The van der Waals surface area contributed by atoms with Crippen molar-refractivity contribution in [2.75, 3.05) is 0 Å².